The molecule has 0 heterocycles. The van der Waals surface area contributed by atoms with Crippen LogP contribution in [0, 0.1) is 0 Å². The number of halogens is 3. The highest BCUT2D eigenvalue weighted by molar-refractivity contribution is 5.90. The zero-order valence-electron chi connectivity index (χ0n) is 8.26. The second kappa shape index (κ2) is 4.40. The van der Waals surface area contributed by atoms with Crippen molar-refractivity contribution in [2.75, 3.05) is 12.5 Å². The van der Waals surface area contributed by atoms with Crippen molar-refractivity contribution in [3.8, 4) is 0 Å². The van der Waals surface area contributed by atoms with Gasteiger partial charge in [-0.15, -0.1) is 0 Å². The van der Waals surface area contributed by atoms with E-state index in [0.29, 0.717) is 6.07 Å². The lowest BCUT2D eigenvalue weighted by Crippen LogP contribution is -2.16. The average Bonchev–Trinajstić information content (AvgIpc) is 2.26. The summed E-state index contributed by atoms with van der Waals surface area (Å²) < 4.78 is 41.9. The molecular weight excluding hydrogens is 225 g/mol. The first-order chi connectivity index (χ1) is 7.40. The van der Waals surface area contributed by atoms with Crippen LogP contribution in [0.25, 0.3) is 0 Å². The molecule has 0 aliphatic rings. The van der Waals surface area contributed by atoms with Crippen LogP contribution in [0.2, 0.25) is 0 Å². The van der Waals surface area contributed by atoms with Crippen molar-refractivity contribution in [2.45, 2.75) is 6.18 Å². The largest absolute Gasteiger partial charge is 0.465 e. The summed E-state index contributed by atoms with van der Waals surface area (Å²) in [5.74, 6) is 4.10. The van der Waals surface area contributed by atoms with E-state index in [1.165, 1.54) is 6.07 Å². The van der Waals surface area contributed by atoms with Gasteiger partial charge in [0, 0.05) is 0 Å². The number of carbonyl (C=O) groups is 1. The summed E-state index contributed by atoms with van der Waals surface area (Å²) in [5, 5.41) is 0. The summed E-state index contributed by atoms with van der Waals surface area (Å²) in [6, 6.07) is 2.94. The number of rotatable bonds is 2. The van der Waals surface area contributed by atoms with Crippen LogP contribution in [0.3, 0.4) is 0 Å². The maximum Gasteiger partial charge on any atom is 0.418 e. The van der Waals surface area contributed by atoms with Crippen molar-refractivity contribution in [1.82, 2.24) is 0 Å². The standard InChI is InChI=1S/C9H9F3N2O2/c1-16-8(15)5-2-3-7(14-13)6(4-5)9(10,11)12/h2-4,14H,13H2,1H3. The molecule has 0 saturated carbocycles. The van der Waals surface area contributed by atoms with E-state index in [1.54, 1.807) is 0 Å². The number of benzene rings is 1. The fourth-order valence-corrected chi connectivity index (χ4v) is 1.15. The average molecular weight is 234 g/mol. The number of hydrogen-bond donors (Lipinski definition) is 2. The minimum atomic E-state index is -4.59. The molecule has 0 aromatic heterocycles. The molecule has 0 radical (unpaired) electrons. The smallest absolute Gasteiger partial charge is 0.418 e. The molecule has 88 valence electrons. The first-order valence-electron chi connectivity index (χ1n) is 4.16. The molecule has 0 amide bonds. The second-order valence-corrected chi connectivity index (χ2v) is 2.89. The predicted molar refractivity (Wildman–Crippen MR) is 50.6 cm³/mol. The minimum absolute atomic E-state index is 0.186. The Kier molecular flexibility index (Phi) is 3.38. The molecule has 16 heavy (non-hydrogen) atoms. The van der Waals surface area contributed by atoms with Crippen molar-refractivity contribution in [1.29, 1.82) is 0 Å². The molecule has 0 spiro atoms. The van der Waals surface area contributed by atoms with Crippen LogP contribution in [0.15, 0.2) is 18.2 Å². The second-order valence-electron chi connectivity index (χ2n) is 2.89. The number of esters is 1. The van der Waals surface area contributed by atoms with Crippen LogP contribution in [0.5, 0.6) is 0 Å². The van der Waals surface area contributed by atoms with E-state index in [9.17, 15) is 18.0 Å². The van der Waals surface area contributed by atoms with Gasteiger partial charge in [-0.3, -0.25) is 5.84 Å². The van der Waals surface area contributed by atoms with Gasteiger partial charge in [0.15, 0.2) is 0 Å². The molecule has 0 bridgehead atoms. The molecule has 0 saturated heterocycles. The number of ether oxygens (including phenoxy) is 1. The van der Waals surface area contributed by atoms with Gasteiger partial charge in [0.1, 0.15) is 0 Å². The van der Waals surface area contributed by atoms with Gasteiger partial charge >= 0.3 is 12.1 Å². The lowest BCUT2D eigenvalue weighted by molar-refractivity contribution is -0.137. The lowest BCUT2D eigenvalue weighted by atomic mass is 10.1. The maximum absolute atomic E-state index is 12.5. The third-order valence-corrected chi connectivity index (χ3v) is 1.90. The maximum atomic E-state index is 12.5. The van der Waals surface area contributed by atoms with E-state index in [0.717, 1.165) is 13.2 Å². The summed E-state index contributed by atoms with van der Waals surface area (Å²) in [7, 11) is 1.09. The van der Waals surface area contributed by atoms with E-state index in [-0.39, 0.29) is 11.3 Å². The highest BCUT2D eigenvalue weighted by atomic mass is 19.4. The number of carbonyl (C=O) groups excluding carboxylic acids is 1. The summed E-state index contributed by atoms with van der Waals surface area (Å²) in [4.78, 5) is 11.1. The van der Waals surface area contributed by atoms with Gasteiger partial charge in [-0.05, 0) is 18.2 Å². The van der Waals surface area contributed by atoms with E-state index >= 15 is 0 Å². The number of nitrogens with one attached hydrogen (secondary N) is 1. The molecule has 7 heteroatoms. The zero-order chi connectivity index (χ0) is 12.3. The molecule has 1 aromatic rings. The number of hydrogen-bond acceptors (Lipinski definition) is 4. The van der Waals surface area contributed by atoms with Crippen molar-refractivity contribution < 1.29 is 22.7 Å². The molecule has 1 aromatic carbocycles. The van der Waals surface area contributed by atoms with Gasteiger partial charge in [0.25, 0.3) is 0 Å². The number of nitrogen functional groups attached to an aromatic ring is 1. The van der Waals surface area contributed by atoms with Gasteiger partial charge in [-0.1, -0.05) is 0 Å². The molecular formula is C9H9F3N2O2. The Morgan fingerprint density at radius 3 is 2.50 bits per heavy atom. The number of hydrazine groups is 1. The molecule has 0 aliphatic carbocycles. The van der Waals surface area contributed by atoms with E-state index in [4.69, 9.17) is 5.84 Å². The summed E-state index contributed by atoms with van der Waals surface area (Å²) in [5.41, 5.74) is 0.407. The monoisotopic (exact) mass is 234 g/mol. The first kappa shape index (κ1) is 12.3. The number of methoxy groups -OCH3 is 1. The van der Waals surface area contributed by atoms with Crippen molar-refractivity contribution in [3.63, 3.8) is 0 Å². The Morgan fingerprint density at radius 1 is 1.44 bits per heavy atom. The molecule has 0 atom stereocenters. The van der Waals surface area contributed by atoms with Crippen molar-refractivity contribution >= 4 is 11.7 Å². The first-order valence-corrected chi connectivity index (χ1v) is 4.16. The van der Waals surface area contributed by atoms with E-state index in [2.05, 4.69) is 4.74 Å². The van der Waals surface area contributed by atoms with Crippen molar-refractivity contribution in [2.24, 2.45) is 5.84 Å². The van der Waals surface area contributed by atoms with Gasteiger partial charge in [0.2, 0.25) is 0 Å². The van der Waals surface area contributed by atoms with Crippen LogP contribution < -0.4 is 11.3 Å². The fraction of sp³-hybridized carbons (Fsp3) is 0.222. The normalized spacial score (nSPS) is 11.1. The summed E-state index contributed by atoms with van der Waals surface area (Å²) in [6.45, 7) is 0. The number of nitrogens with two attached hydrogens (primary N) is 1. The molecule has 1 rings (SSSR count). The number of anilines is 1. The zero-order valence-corrected chi connectivity index (χ0v) is 8.26. The van der Waals surface area contributed by atoms with Gasteiger partial charge in [-0.25, -0.2) is 4.79 Å². The summed E-state index contributed by atoms with van der Waals surface area (Å²) in [6.07, 6.45) is -4.59. The number of alkyl halides is 3. The predicted octanol–water partition coefficient (Wildman–Crippen LogP) is 1.78. The highest BCUT2D eigenvalue weighted by Crippen LogP contribution is 2.35. The van der Waals surface area contributed by atoms with Crippen LogP contribution in [0.4, 0.5) is 18.9 Å². The van der Waals surface area contributed by atoms with Crippen LogP contribution in [-0.2, 0) is 10.9 Å². The van der Waals surface area contributed by atoms with Crippen LogP contribution in [0.1, 0.15) is 15.9 Å². The lowest BCUT2D eigenvalue weighted by Gasteiger charge is -2.13. The Morgan fingerprint density at radius 2 is 2.06 bits per heavy atom. The van der Waals surface area contributed by atoms with Crippen molar-refractivity contribution in [3.05, 3.63) is 29.3 Å². The Balaban J connectivity index is 3.27. The molecule has 0 fully saturated rings. The molecule has 0 unspecified atom stereocenters. The Labute approximate surface area is 89.2 Å². The fourth-order valence-electron chi connectivity index (χ4n) is 1.15. The Hall–Kier alpha value is -1.76. The molecule has 4 nitrogen and oxygen atoms in total. The SMILES string of the molecule is COC(=O)c1ccc(NN)c(C(F)(F)F)c1. The Bertz CT molecular complexity index is 404. The van der Waals surface area contributed by atoms with Gasteiger partial charge < -0.3 is 10.2 Å². The van der Waals surface area contributed by atoms with Crippen LogP contribution >= 0.6 is 0 Å². The summed E-state index contributed by atoms with van der Waals surface area (Å²) >= 11 is 0. The minimum Gasteiger partial charge on any atom is -0.465 e. The molecule has 3 N–H and O–H groups in total. The van der Waals surface area contributed by atoms with E-state index < -0.39 is 17.7 Å². The van der Waals surface area contributed by atoms with Crippen LogP contribution in [-0.4, -0.2) is 13.1 Å². The third kappa shape index (κ3) is 2.43. The quantitative estimate of drug-likeness (QED) is 0.465. The van der Waals surface area contributed by atoms with Gasteiger partial charge in [0.05, 0.1) is 23.9 Å². The third-order valence-electron chi connectivity index (χ3n) is 1.90. The topological polar surface area (TPSA) is 64.3 Å². The highest BCUT2D eigenvalue weighted by Gasteiger charge is 2.34. The van der Waals surface area contributed by atoms with E-state index in [1.807, 2.05) is 5.43 Å². The van der Waals surface area contributed by atoms with Gasteiger partial charge in [-0.2, -0.15) is 13.2 Å². The molecule has 0 aliphatic heterocycles.